The van der Waals surface area contributed by atoms with Crippen LogP contribution < -0.4 is 0 Å². The van der Waals surface area contributed by atoms with Crippen LogP contribution in [0.5, 0.6) is 0 Å². The first-order valence-electron chi connectivity index (χ1n) is 5.04. The molecule has 1 saturated carbocycles. The summed E-state index contributed by atoms with van der Waals surface area (Å²) in [5.74, 6) is 2.45. The van der Waals surface area contributed by atoms with Crippen LogP contribution in [0.1, 0.15) is 24.0 Å². The molecule has 0 N–H and O–H groups in total. The molecule has 2 aliphatic carbocycles. The number of fused-ring (bicyclic) bond motifs is 3. The third-order valence-electron chi connectivity index (χ3n) is 3.68. The summed E-state index contributed by atoms with van der Waals surface area (Å²) in [4.78, 5) is 0. The first-order chi connectivity index (χ1) is 6.29. The topological polar surface area (TPSA) is 0 Å². The number of hydrogen-bond acceptors (Lipinski definition) is 0. The van der Waals surface area contributed by atoms with Crippen molar-refractivity contribution >= 4 is 0 Å². The zero-order valence-corrected chi connectivity index (χ0v) is 7.96. The van der Waals surface area contributed by atoms with Crippen molar-refractivity contribution in [2.45, 2.75) is 19.3 Å². The Hall–Kier alpha value is -1.04. The molecule has 2 aliphatic rings. The number of allylic oxidation sites excluding steroid dienone is 1. The second kappa shape index (κ2) is 2.25. The van der Waals surface area contributed by atoms with Crippen LogP contribution in [0.15, 0.2) is 36.4 Å². The zero-order chi connectivity index (χ0) is 9.00. The first kappa shape index (κ1) is 7.37. The first-order valence-corrected chi connectivity index (χ1v) is 5.04. The van der Waals surface area contributed by atoms with Crippen molar-refractivity contribution in [3.05, 3.63) is 47.5 Å². The fraction of sp³-hybridized carbons (Fsp3) is 0.385. The molecule has 1 aromatic carbocycles. The van der Waals surface area contributed by atoms with Gasteiger partial charge < -0.3 is 0 Å². The van der Waals surface area contributed by atoms with Crippen molar-refractivity contribution in [2.75, 3.05) is 0 Å². The van der Waals surface area contributed by atoms with E-state index in [-0.39, 0.29) is 0 Å². The Kier molecular flexibility index (Phi) is 1.28. The van der Waals surface area contributed by atoms with Crippen molar-refractivity contribution in [3.63, 3.8) is 0 Å². The quantitative estimate of drug-likeness (QED) is 0.525. The molecule has 0 heteroatoms. The maximum absolute atomic E-state index is 4.19. The van der Waals surface area contributed by atoms with E-state index in [1.54, 1.807) is 5.56 Å². The van der Waals surface area contributed by atoms with Gasteiger partial charge in [0.15, 0.2) is 0 Å². The Labute approximate surface area is 79.3 Å². The molecule has 0 aliphatic heterocycles. The van der Waals surface area contributed by atoms with Crippen molar-refractivity contribution < 1.29 is 0 Å². The molecule has 0 spiro atoms. The fourth-order valence-corrected chi connectivity index (χ4v) is 2.95. The van der Waals surface area contributed by atoms with Crippen molar-refractivity contribution in [3.8, 4) is 0 Å². The lowest BCUT2D eigenvalue weighted by molar-refractivity contribution is 0.819. The number of hydrogen-bond donors (Lipinski definition) is 0. The highest BCUT2D eigenvalue weighted by Gasteiger charge is 2.51. The van der Waals surface area contributed by atoms with E-state index in [4.69, 9.17) is 0 Å². The molecule has 3 atom stereocenters. The predicted molar refractivity (Wildman–Crippen MR) is 54.7 cm³/mol. The molecule has 0 nitrogen and oxygen atoms in total. The molecule has 1 aromatic rings. The van der Waals surface area contributed by atoms with E-state index < -0.39 is 0 Å². The van der Waals surface area contributed by atoms with Crippen LogP contribution in [-0.4, -0.2) is 0 Å². The Balaban J connectivity index is 2.14. The molecule has 3 rings (SSSR count). The van der Waals surface area contributed by atoms with Gasteiger partial charge in [-0.05, 0) is 35.3 Å². The normalized spacial score (nSPS) is 35.2. The number of benzene rings is 1. The predicted octanol–water partition coefficient (Wildman–Crippen LogP) is 3.15. The van der Waals surface area contributed by atoms with Crippen LogP contribution in [0, 0.1) is 11.8 Å². The van der Waals surface area contributed by atoms with Crippen LogP contribution in [-0.2, 0) is 6.42 Å². The third kappa shape index (κ3) is 0.861. The molecule has 66 valence electrons. The van der Waals surface area contributed by atoms with Gasteiger partial charge in [-0.15, -0.1) is 0 Å². The van der Waals surface area contributed by atoms with Gasteiger partial charge in [-0.2, -0.15) is 0 Å². The lowest BCUT2D eigenvalue weighted by atomic mass is 9.89. The van der Waals surface area contributed by atoms with Crippen LogP contribution in [0.4, 0.5) is 0 Å². The molecule has 0 saturated heterocycles. The summed E-state index contributed by atoms with van der Waals surface area (Å²) in [6.07, 6.45) is 1.11. The Bertz CT molecular complexity index is 375. The van der Waals surface area contributed by atoms with E-state index in [9.17, 15) is 0 Å². The smallest absolute Gasteiger partial charge is 0.00591 e. The van der Waals surface area contributed by atoms with Crippen molar-refractivity contribution in [1.29, 1.82) is 0 Å². The minimum absolute atomic E-state index is 0.801. The van der Waals surface area contributed by atoms with Gasteiger partial charge in [0.25, 0.3) is 0 Å². The minimum Gasteiger partial charge on any atom is -0.0992 e. The molecule has 0 heterocycles. The third-order valence-corrected chi connectivity index (χ3v) is 3.68. The van der Waals surface area contributed by atoms with Crippen LogP contribution in [0.25, 0.3) is 0 Å². The van der Waals surface area contributed by atoms with Gasteiger partial charge in [-0.1, -0.05) is 43.3 Å². The van der Waals surface area contributed by atoms with E-state index in [1.807, 2.05) is 0 Å². The van der Waals surface area contributed by atoms with E-state index in [0.29, 0.717) is 0 Å². The molecular formula is C13H14. The van der Waals surface area contributed by atoms with Gasteiger partial charge in [0.1, 0.15) is 0 Å². The van der Waals surface area contributed by atoms with E-state index in [1.165, 1.54) is 11.1 Å². The Morgan fingerprint density at radius 2 is 2.00 bits per heavy atom. The highest BCUT2D eigenvalue weighted by molar-refractivity contribution is 5.46. The SMILES string of the molecule is C=C1Cc2ccccc2C2C(C)C12. The largest absolute Gasteiger partial charge is 0.0992 e. The second-order valence-electron chi connectivity index (χ2n) is 4.44. The van der Waals surface area contributed by atoms with Crippen LogP contribution >= 0.6 is 0 Å². The summed E-state index contributed by atoms with van der Waals surface area (Å²) < 4.78 is 0. The average Bonchev–Trinajstić information content (AvgIpc) is 2.79. The standard InChI is InChI=1S/C13H14/c1-8-7-10-5-3-4-6-11(10)13-9(2)12(8)13/h3-6,9,12-13H,1,7H2,2H3. The lowest BCUT2D eigenvalue weighted by Crippen LogP contribution is -2.03. The summed E-state index contributed by atoms with van der Waals surface area (Å²) in [5, 5.41) is 0. The van der Waals surface area contributed by atoms with Crippen molar-refractivity contribution in [1.82, 2.24) is 0 Å². The van der Waals surface area contributed by atoms with Gasteiger partial charge in [0.05, 0.1) is 0 Å². The van der Waals surface area contributed by atoms with Crippen LogP contribution in [0.3, 0.4) is 0 Å². The second-order valence-corrected chi connectivity index (χ2v) is 4.44. The summed E-state index contributed by atoms with van der Waals surface area (Å²) in [6, 6.07) is 8.85. The zero-order valence-electron chi connectivity index (χ0n) is 7.96. The highest BCUT2D eigenvalue weighted by atomic mass is 14.5. The molecule has 0 bridgehead atoms. The van der Waals surface area contributed by atoms with Crippen molar-refractivity contribution in [2.24, 2.45) is 11.8 Å². The number of rotatable bonds is 0. The maximum Gasteiger partial charge on any atom is -0.00591 e. The summed E-state index contributed by atoms with van der Waals surface area (Å²) in [6.45, 7) is 6.54. The monoisotopic (exact) mass is 170 g/mol. The molecule has 0 amide bonds. The average molecular weight is 170 g/mol. The van der Waals surface area contributed by atoms with E-state index >= 15 is 0 Å². The molecule has 1 fully saturated rings. The summed E-state index contributed by atoms with van der Waals surface area (Å²) in [7, 11) is 0. The molecular weight excluding hydrogens is 156 g/mol. The van der Waals surface area contributed by atoms with Gasteiger partial charge in [0, 0.05) is 0 Å². The molecule has 13 heavy (non-hydrogen) atoms. The minimum atomic E-state index is 0.801. The molecule has 0 radical (unpaired) electrons. The van der Waals surface area contributed by atoms with Gasteiger partial charge in [-0.25, -0.2) is 0 Å². The van der Waals surface area contributed by atoms with E-state index in [0.717, 1.165) is 24.2 Å². The highest BCUT2D eigenvalue weighted by Crippen LogP contribution is 2.61. The van der Waals surface area contributed by atoms with Gasteiger partial charge in [-0.3, -0.25) is 0 Å². The Morgan fingerprint density at radius 3 is 2.85 bits per heavy atom. The van der Waals surface area contributed by atoms with Gasteiger partial charge in [0.2, 0.25) is 0 Å². The molecule has 3 unspecified atom stereocenters. The van der Waals surface area contributed by atoms with Crippen LogP contribution in [0.2, 0.25) is 0 Å². The fourth-order valence-electron chi connectivity index (χ4n) is 2.95. The lowest BCUT2D eigenvalue weighted by Gasteiger charge is -2.16. The summed E-state index contributed by atoms with van der Waals surface area (Å²) in [5.41, 5.74) is 4.56. The maximum atomic E-state index is 4.19. The van der Waals surface area contributed by atoms with Gasteiger partial charge >= 0.3 is 0 Å². The Morgan fingerprint density at radius 1 is 1.23 bits per heavy atom. The summed E-state index contributed by atoms with van der Waals surface area (Å²) >= 11 is 0. The van der Waals surface area contributed by atoms with E-state index in [2.05, 4.69) is 37.8 Å². The molecule has 0 aromatic heterocycles.